The molecule has 0 aliphatic rings. The van der Waals surface area contributed by atoms with Gasteiger partial charge in [0.05, 0.1) is 6.61 Å². The van der Waals surface area contributed by atoms with Crippen molar-refractivity contribution >= 4 is 31.9 Å². The molecule has 0 N–H and O–H groups in total. The highest BCUT2D eigenvalue weighted by Crippen LogP contribution is 2.28. The minimum atomic E-state index is 0.576. The molecule has 0 amide bonds. The molecule has 0 aliphatic carbocycles. The average Bonchev–Trinajstić information content (AvgIpc) is 2.18. The Hall–Kier alpha value is -0.0600. The summed E-state index contributed by atoms with van der Waals surface area (Å²) in [6, 6.07) is 5.91. The molecule has 0 radical (unpaired) electrons. The molecule has 1 aromatic rings. The van der Waals surface area contributed by atoms with E-state index >= 15 is 0 Å². The Bertz CT molecular complexity index is 289. The second-order valence-electron chi connectivity index (χ2n) is 2.69. The van der Waals surface area contributed by atoms with Gasteiger partial charge in [0.2, 0.25) is 0 Å². The topological polar surface area (TPSA) is 18.5 Å². The summed E-state index contributed by atoms with van der Waals surface area (Å²) in [7, 11) is 1.66. The largest absolute Gasteiger partial charge is 0.491 e. The molecule has 4 heteroatoms. The number of rotatable bonds is 5. The van der Waals surface area contributed by atoms with Gasteiger partial charge < -0.3 is 9.47 Å². The lowest BCUT2D eigenvalue weighted by Crippen LogP contribution is -2.05. The van der Waals surface area contributed by atoms with E-state index in [1.807, 2.05) is 18.2 Å². The molecule has 0 atom stereocenters. The van der Waals surface area contributed by atoms with Crippen molar-refractivity contribution in [3.63, 3.8) is 0 Å². The van der Waals surface area contributed by atoms with Crippen molar-refractivity contribution in [3.05, 3.63) is 28.2 Å². The molecular formula is C10H12Br2O2. The second-order valence-corrected chi connectivity index (χ2v) is 4.11. The Balaban J connectivity index is 2.70. The zero-order valence-corrected chi connectivity index (χ0v) is 11.1. The van der Waals surface area contributed by atoms with Crippen molar-refractivity contribution < 1.29 is 9.47 Å². The van der Waals surface area contributed by atoms with Crippen LogP contribution in [-0.4, -0.2) is 20.3 Å². The van der Waals surface area contributed by atoms with Crippen LogP contribution in [0.1, 0.15) is 5.56 Å². The van der Waals surface area contributed by atoms with E-state index in [0.717, 1.165) is 21.1 Å². The lowest BCUT2D eigenvalue weighted by atomic mass is 10.2. The highest BCUT2D eigenvalue weighted by Gasteiger charge is 2.05. The van der Waals surface area contributed by atoms with Crippen LogP contribution in [0.25, 0.3) is 0 Å². The summed E-state index contributed by atoms with van der Waals surface area (Å²) in [5.41, 5.74) is 1.13. The number of methoxy groups -OCH3 is 1. The summed E-state index contributed by atoms with van der Waals surface area (Å²) in [4.78, 5) is 0. The number of alkyl halides is 1. The first-order valence-corrected chi connectivity index (χ1v) is 6.16. The van der Waals surface area contributed by atoms with Crippen LogP contribution in [0, 0.1) is 0 Å². The van der Waals surface area contributed by atoms with Crippen molar-refractivity contribution in [1.82, 2.24) is 0 Å². The molecule has 1 rings (SSSR count). The fourth-order valence-electron chi connectivity index (χ4n) is 1.04. The van der Waals surface area contributed by atoms with Crippen LogP contribution in [0.3, 0.4) is 0 Å². The standard InChI is InChI=1S/C10H12Br2O2/c1-13-5-6-14-10-4-2-3-9(12)8(10)7-11/h2-4H,5-7H2,1H3. The third kappa shape index (κ3) is 3.26. The van der Waals surface area contributed by atoms with Crippen LogP contribution in [0.4, 0.5) is 0 Å². The summed E-state index contributed by atoms with van der Waals surface area (Å²) in [6.07, 6.45) is 0. The van der Waals surface area contributed by atoms with Crippen LogP contribution in [0.2, 0.25) is 0 Å². The van der Waals surface area contributed by atoms with Crippen LogP contribution >= 0.6 is 31.9 Å². The maximum absolute atomic E-state index is 5.56. The molecule has 0 saturated heterocycles. The zero-order chi connectivity index (χ0) is 10.4. The maximum Gasteiger partial charge on any atom is 0.124 e. The van der Waals surface area contributed by atoms with Gasteiger partial charge in [-0.2, -0.15) is 0 Å². The Morgan fingerprint density at radius 3 is 2.71 bits per heavy atom. The van der Waals surface area contributed by atoms with Crippen LogP contribution in [-0.2, 0) is 10.1 Å². The third-order valence-corrected chi connectivity index (χ3v) is 3.06. The molecule has 0 aromatic heterocycles. The predicted molar refractivity (Wildman–Crippen MR) is 64.1 cm³/mol. The van der Waals surface area contributed by atoms with Crippen LogP contribution < -0.4 is 4.74 Å². The van der Waals surface area contributed by atoms with Crippen molar-refractivity contribution in [2.45, 2.75) is 5.33 Å². The van der Waals surface area contributed by atoms with Gasteiger partial charge in [0.1, 0.15) is 12.4 Å². The van der Waals surface area contributed by atoms with E-state index in [9.17, 15) is 0 Å². The van der Waals surface area contributed by atoms with E-state index in [4.69, 9.17) is 9.47 Å². The second kappa shape index (κ2) is 6.43. The van der Waals surface area contributed by atoms with Crippen molar-refractivity contribution in [2.75, 3.05) is 20.3 Å². The SMILES string of the molecule is COCCOc1cccc(Br)c1CBr. The monoisotopic (exact) mass is 322 g/mol. The summed E-state index contributed by atoms with van der Waals surface area (Å²) in [5.74, 6) is 0.897. The smallest absolute Gasteiger partial charge is 0.124 e. The molecule has 0 fully saturated rings. The minimum absolute atomic E-state index is 0.576. The fraction of sp³-hybridized carbons (Fsp3) is 0.400. The molecule has 0 spiro atoms. The van der Waals surface area contributed by atoms with Gasteiger partial charge in [-0.3, -0.25) is 0 Å². The summed E-state index contributed by atoms with van der Waals surface area (Å²) in [5, 5.41) is 0.775. The molecule has 2 nitrogen and oxygen atoms in total. The first-order valence-electron chi connectivity index (χ1n) is 4.24. The Morgan fingerprint density at radius 2 is 2.07 bits per heavy atom. The first kappa shape index (κ1) is 12.0. The first-order chi connectivity index (χ1) is 6.79. The molecular weight excluding hydrogens is 312 g/mol. The molecule has 0 bridgehead atoms. The molecule has 0 aliphatic heterocycles. The number of benzene rings is 1. The van der Waals surface area contributed by atoms with Crippen LogP contribution in [0.5, 0.6) is 5.75 Å². The van der Waals surface area contributed by atoms with E-state index in [-0.39, 0.29) is 0 Å². The Morgan fingerprint density at radius 1 is 1.29 bits per heavy atom. The van der Waals surface area contributed by atoms with E-state index in [1.165, 1.54) is 0 Å². The van der Waals surface area contributed by atoms with E-state index in [2.05, 4.69) is 31.9 Å². The Kier molecular flexibility index (Phi) is 5.52. The van der Waals surface area contributed by atoms with Gasteiger partial charge in [-0.05, 0) is 12.1 Å². The quantitative estimate of drug-likeness (QED) is 0.611. The van der Waals surface area contributed by atoms with Gasteiger partial charge >= 0.3 is 0 Å². The van der Waals surface area contributed by atoms with Gasteiger partial charge in [-0.25, -0.2) is 0 Å². The highest BCUT2D eigenvalue weighted by atomic mass is 79.9. The highest BCUT2D eigenvalue weighted by molar-refractivity contribution is 9.10. The van der Waals surface area contributed by atoms with E-state index < -0.39 is 0 Å². The number of halogens is 2. The van der Waals surface area contributed by atoms with Crippen LogP contribution in [0.15, 0.2) is 22.7 Å². The zero-order valence-electron chi connectivity index (χ0n) is 7.93. The molecule has 1 aromatic carbocycles. The number of hydrogen-bond acceptors (Lipinski definition) is 2. The van der Waals surface area contributed by atoms with Gasteiger partial charge in [0.15, 0.2) is 0 Å². The lowest BCUT2D eigenvalue weighted by molar-refractivity contribution is 0.146. The molecule has 14 heavy (non-hydrogen) atoms. The fourth-order valence-corrected chi connectivity index (χ4v) is 2.48. The summed E-state index contributed by atoms with van der Waals surface area (Å²) < 4.78 is 11.5. The van der Waals surface area contributed by atoms with Crippen molar-refractivity contribution in [3.8, 4) is 5.75 Å². The minimum Gasteiger partial charge on any atom is -0.491 e. The normalized spacial score (nSPS) is 10.2. The van der Waals surface area contributed by atoms with E-state index in [1.54, 1.807) is 7.11 Å². The number of hydrogen-bond donors (Lipinski definition) is 0. The van der Waals surface area contributed by atoms with Gasteiger partial charge in [-0.1, -0.05) is 37.9 Å². The lowest BCUT2D eigenvalue weighted by Gasteiger charge is -2.10. The third-order valence-electron chi connectivity index (χ3n) is 1.75. The van der Waals surface area contributed by atoms with Gasteiger partial charge in [0.25, 0.3) is 0 Å². The summed E-state index contributed by atoms with van der Waals surface area (Å²) in [6.45, 7) is 1.18. The van der Waals surface area contributed by atoms with Gasteiger partial charge in [-0.15, -0.1) is 0 Å². The Labute approximate surface area is 101 Å². The molecule has 0 saturated carbocycles. The predicted octanol–water partition coefficient (Wildman–Crippen LogP) is 3.37. The molecule has 0 heterocycles. The molecule has 0 unspecified atom stereocenters. The maximum atomic E-state index is 5.56. The van der Waals surface area contributed by atoms with Crippen molar-refractivity contribution in [2.24, 2.45) is 0 Å². The summed E-state index contributed by atoms with van der Waals surface area (Å²) >= 11 is 6.90. The van der Waals surface area contributed by atoms with E-state index in [0.29, 0.717) is 13.2 Å². The molecule has 78 valence electrons. The average molecular weight is 324 g/mol. The number of ether oxygens (including phenoxy) is 2. The van der Waals surface area contributed by atoms with Gasteiger partial charge in [0, 0.05) is 22.5 Å². The van der Waals surface area contributed by atoms with Crippen molar-refractivity contribution in [1.29, 1.82) is 0 Å².